The van der Waals surface area contributed by atoms with Gasteiger partial charge in [-0.3, -0.25) is 37.3 Å². The van der Waals surface area contributed by atoms with Crippen molar-refractivity contribution >= 4 is 39.5 Å². The molecule has 92 heavy (non-hydrogen) atoms. The molecule has 0 aliphatic rings. The van der Waals surface area contributed by atoms with E-state index in [1.54, 1.807) is 0 Å². The average molecular weight is 1350 g/mol. The molecule has 0 fully saturated rings. The monoisotopic (exact) mass is 1350 g/mol. The number of hydrogen-bond acceptors (Lipinski definition) is 15. The Kier molecular flexibility index (Phi) is 63.7. The molecule has 0 heterocycles. The summed E-state index contributed by atoms with van der Waals surface area (Å²) in [5.41, 5.74) is 0. The van der Waals surface area contributed by atoms with Gasteiger partial charge in [-0.15, -0.1) is 0 Å². The first kappa shape index (κ1) is 90.1. The summed E-state index contributed by atoms with van der Waals surface area (Å²) >= 11 is 0. The summed E-state index contributed by atoms with van der Waals surface area (Å²) in [6, 6.07) is 0. The summed E-state index contributed by atoms with van der Waals surface area (Å²) in [6.07, 6.45) is 51.4. The smallest absolute Gasteiger partial charge is 0.462 e. The SMILES string of the molecule is CCCCCCCCCCCCCCCCCCC(=O)O[C@H](COC(=O)CCCCCCCCCCCCCCCC)COP(=O)(O)OC[C@@H](O)COP(=O)(O)OC[C@@H](COC(=O)CCCCCCCCC(C)C)OC(=O)CCCCCCCCCCCCC(C)C. The minimum Gasteiger partial charge on any atom is -0.462 e. The third-order valence-corrected chi connectivity index (χ3v) is 18.9. The van der Waals surface area contributed by atoms with Crippen molar-refractivity contribution in [1.82, 2.24) is 0 Å². The van der Waals surface area contributed by atoms with E-state index >= 15 is 0 Å². The third-order valence-electron chi connectivity index (χ3n) is 17.0. The number of carbonyl (C=O) groups is 4. The van der Waals surface area contributed by atoms with Gasteiger partial charge in [0.15, 0.2) is 12.2 Å². The van der Waals surface area contributed by atoms with Gasteiger partial charge in [-0.25, -0.2) is 9.13 Å². The van der Waals surface area contributed by atoms with Crippen molar-refractivity contribution in [2.75, 3.05) is 39.6 Å². The minimum absolute atomic E-state index is 0.105. The molecular weight excluding hydrogens is 1210 g/mol. The van der Waals surface area contributed by atoms with E-state index in [-0.39, 0.29) is 25.7 Å². The van der Waals surface area contributed by atoms with Crippen LogP contribution in [-0.4, -0.2) is 96.7 Å². The van der Waals surface area contributed by atoms with Crippen molar-refractivity contribution in [2.24, 2.45) is 11.8 Å². The Labute approximate surface area is 562 Å². The van der Waals surface area contributed by atoms with Crippen LogP contribution in [0.5, 0.6) is 0 Å². The highest BCUT2D eigenvalue weighted by Gasteiger charge is 2.30. The Morgan fingerprint density at radius 1 is 0.293 bits per heavy atom. The molecular formula is C73H142O17P2. The van der Waals surface area contributed by atoms with Gasteiger partial charge in [0, 0.05) is 25.7 Å². The molecule has 0 bridgehead atoms. The summed E-state index contributed by atoms with van der Waals surface area (Å²) in [5.74, 6) is -0.689. The molecule has 0 rings (SSSR count). The second-order valence-corrected chi connectivity index (χ2v) is 30.2. The van der Waals surface area contributed by atoms with Gasteiger partial charge in [-0.2, -0.15) is 0 Å². The number of hydrogen-bond donors (Lipinski definition) is 3. The van der Waals surface area contributed by atoms with Crippen LogP contribution >= 0.6 is 15.6 Å². The largest absolute Gasteiger partial charge is 0.472 e. The second kappa shape index (κ2) is 65.0. The molecule has 19 heteroatoms. The predicted octanol–water partition coefficient (Wildman–Crippen LogP) is 21.2. The number of carbonyl (C=O) groups excluding carboxylic acids is 4. The standard InChI is InChI=1S/C73H142O17P2/c1-7-9-11-13-15-17-19-21-23-24-26-28-33-37-45-51-57-72(77)89-68(61-83-70(75)55-49-43-36-32-27-25-22-20-18-16-14-12-10-8-2)63-87-91(79,80)85-59-67(74)60-86-92(81,82)88-64-69(62-84-71(76)56-50-44-40-39-42-48-54-66(5)6)90-73(78)58-52-46-38-34-30-29-31-35-41-47-53-65(3)4/h65-69,74H,7-64H2,1-6H3,(H,79,80)(H,81,82)/t67-,68-,69-/m1/s1. The maximum Gasteiger partial charge on any atom is 0.472 e. The van der Waals surface area contributed by atoms with E-state index in [4.69, 9.17) is 37.0 Å². The molecule has 5 atom stereocenters. The van der Waals surface area contributed by atoms with Crippen LogP contribution in [0, 0.1) is 11.8 Å². The van der Waals surface area contributed by atoms with E-state index < -0.39 is 97.5 Å². The lowest BCUT2D eigenvalue weighted by Gasteiger charge is -2.21. The molecule has 0 aliphatic carbocycles. The van der Waals surface area contributed by atoms with E-state index in [0.29, 0.717) is 31.6 Å². The number of phosphoric acid groups is 2. The summed E-state index contributed by atoms with van der Waals surface area (Å²) in [4.78, 5) is 72.7. The van der Waals surface area contributed by atoms with Gasteiger partial charge in [0.2, 0.25) is 0 Å². The lowest BCUT2D eigenvalue weighted by atomic mass is 10.0. The molecule has 2 unspecified atom stereocenters. The molecule has 0 saturated heterocycles. The Hall–Kier alpha value is -1.94. The number of aliphatic hydroxyl groups is 1. The molecule has 3 N–H and O–H groups in total. The van der Waals surface area contributed by atoms with Crippen molar-refractivity contribution in [3.63, 3.8) is 0 Å². The molecule has 0 saturated carbocycles. The molecule has 0 aromatic rings. The Balaban J connectivity index is 5.24. The molecule has 0 amide bonds. The van der Waals surface area contributed by atoms with E-state index in [1.807, 2.05) is 0 Å². The number of ether oxygens (including phenoxy) is 4. The maximum absolute atomic E-state index is 13.1. The Bertz CT molecular complexity index is 1790. The Morgan fingerprint density at radius 2 is 0.500 bits per heavy atom. The molecule has 0 aromatic heterocycles. The highest BCUT2D eigenvalue weighted by Crippen LogP contribution is 2.45. The summed E-state index contributed by atoms with van der Waals surface area (Å²) in [6.45, 7) is 9.49. The fourth-order valence-corrected chi connectivity index (χ4v) is 12.7. The number of aliphatic hydroxyl groups excluding tert-OH is 1. The average Bonchev–Trinajstić information content (AvgIpc) is 2.80. The number of esters is 4. The van der Waals surface area contributed by atoms with Crippen LogP contribution in [0.25, 0.3) is 0 Å². The number of rotatable bonds is 72. The molecule has 0 aliphatic heterocycles. The van der Waals surface area contributed by atoms with Crippen molar-refractivity contribution in [2.45, 2.75) is 394 Å². The van der Waals surface area contributed by atoms with E-state index in [2.05, 4.69) is 41.5 Å². The summed E-state index contributed by atoms with van der Waals surface area (Å²) in [5, 5.41) is 10.6. The number of unbranched alkanes of at least 4 members (excludes halogenated alkanes) is 42. The molecule has 17 nitrogen and oxygen atoms in total. The van der Waals surface area contributed by atoms with Crippen LogP contribution in [0.3, 0.4) is 0 Å². The maximum atomic E-state index is 13.1. The minimum atomic E-state index is -4.95. The second-order valence-electron chi connectivity index (χ2n) is 27.3. The third kappa shape index (κ3) is 66.7. The first-order valence-corrected chi connectivity index (χ1v) is 41.0. The van der Waals surface area contributed by atoms with Crippen molar-refractivity contribution in [1.29, 1.82) is 0 Å². The van der Waals surface area contributed by atoms with Crippen LogP contribution in [0.4, 0.5) is 0 Å². The van der Waals surface area contributed by atoms with Crippen LogP contribution < -0.4 is 0 Å². The van der Waals surface area contributed by atoms with Gasteiger partial charge in [-0.05, 0) is 37.5 Å². The topological polar surface area (TPSA) is 237 Å². The lowest BCUT2D eigenvalue weighted by molar-refractivity contribution is -0.161. The van der Waals surface area contributed by atoms with Gasteiger partial charge >= 0.3 is 39.5 Å². The Morgan fingerprint density at radius 3 is 0.739 bits per heavy atom. The van der Waals surface area contributed by atoms with Gasteiger partial charge in [0.25, 0.3) is 0 Å². The lowest BCUT2D eigenvalue weighted by Crippen LogP contribution is -2.30. The van der Waals surface area contributed by atoms with Crippen LogP contribution in [0.1, 0.15) is 375 Å². The zero-order valence-corrected chi connectivity index (χ0v) is 61.6. The van der Waals surface area contributed by atoms with Gasteiger partial charge < -0.3 is 33.8 Å². The van der Waals surface area contributed by atoms with Gasteiger partial charge in [0.1, 0.15) is 19.3 Å². The highest BCUT2D eigenvalue weighted by molar-refractivity contribution is 7.47. The fourth-order valence-electron chi connectivity index (χ4n) is 11.1. The highest BCUT2D eigenvalue weighted by atomic mass is 31.2. The van der Waals surface area contributed by atoms with E-state index in [9.17, 15) is 43.2 Å². The first-order valence-electron chi connectivity index (χ1n) is 38.0. The number of phosphoric ester groups is 2. The fraction of sp³-hybridized carbons (Fsp3) is 0.945. The molecule has 546 valence electrons. The van der Waals surface area contributed by atoms with Gasteiger partial charge in [-0.1, -0.05) is 324 Å². The van der Waals surface area contributed by atoms with E-state index in [1.165, 1.54) is 186 Å². The van der Waals surface area contributed by atoms with Crippen molar-refractivity contribution in [3.05, 3.63) is 0 Å². The molecule has 0 spiro atoms. The van der Waals surface area contributed by atoms with Crippen LogP contribution in [0.15, 0.2) is 0 Å². The normalized spacial score (nSPS) is 14.1. The van der Waals surface area contributed by atoms with Gasteiger partial charge in [0.05, 0.1) is 26.4 Å². The zero-order valence-electron chi connectivity index (χ0n) is 59.9. The summed E-state index contributed by atoms with van der Waals surface area (Å²) in [7, 11) is -9.90. The molecule has 0 radical (unpaired) electrons. The van der Waals surface area contributed by atoms with Crippen LogP contribution in [-0.2, 0) is 65.4 Å². The summed E-state index contributed by atoms with van der Waals surface area (Å²) < 4.78 is 68.4. The predicted molar refractivity (Wildman–Crippen MR) is 372 cm³/mol. The van der Waals surface area contributed by atoms with E-state index in [0.717, 1.165) is 102 Å². The molecule has 0 aromatic carbocycles. The first-order chi connectivity index (χ1) is 44.4. The quantitative estimate of drug-likeness (QED) is 0.0222. The zero-order chi connectivity index (χ0) is 67.9. The van der Waals surface area contributed by atoms with Crippen LogP contribution in [0.2, 0.25) is 0 Å². The van der Waals surface area contributed by atoms with Crippen molar-refractivity contribution in [3.8, 4) is 0 Å². The van der Waals surface area contributed by atoms with Crippen molar-refractivity contribution < 1.29 is 80.2 Å².